The highest BCUT2D eigenvalue weighted by atomic mass is 127. The fourth-order valence-electron chi connectivity index (χ4n) is 3.13. The van der Waals surface area contributed by atoms with Gasteiger partial charge in [0.2, 0.25) is 0 Å². The van der Waals surface area contributed by atoms with E-state index in [1.54, 1.807) is 7.05 Å². The summed E-state index contributed by atoms with van der Waals surface area (Å²) in [6.07, 6.45) is 2.54. The van der Waals surface area contributed by atoms with Crippen LogP contribution in [0.2, 0.25) is 5.02 Å². The molecule has 0 saturated carbocycles. The van der Waals surface area contributed by atoms with Gasteiger partial charge in [-0.05, 0) is 57.9 Å². The van der Waals surface area contributed by atoms with Crippen molar-refractivity contribution < 1.29 is 9.47 Å². The molecule has 1 atom stereocenters. The highest BCUT2D eigenvalue weighted by Crippen LogP contribution is 2.16. The van der Waals surface area contributed by atoms with E-state index < -0.39 is 0 Å². The second-order valence-electron chi connectivity index (χ2n) is 7.52. The summed E-state index contributed by atoms with van der Waals surface area (Å²) in [5.74, 6) is 1.64. The molecule has 0 spiro atoms. The lowest BCUT2D eigenvalue weighted by atomic mass is 10.1. The molecule has 1 heterocycles. The van der Waals surface area contributed by atoms with Crippen molar-refractivity contribution in [2.75, 3.05) is 39.8 Å². The number of hydrogen-bond acceptors (Lipinski definition) is 4. The van der Waals surface area contributed by atoms with E-state index in [-0.39, 0.29) is 30.1 Å². The van der Waals surface area contributed by atoms with Gasteiger partial charge in [-0.2, -0.15) is 0 Å². The second-order valence-corrected chi connectivity index (χ2v) is 7.95. The molecule has 8 heteroatoms. The lowest BCUT2D eigenvalue weighted by Crippen LogP contribution is -2.50. The van der Waals surface area contributed by atoms with Crippen molar-refractivity contribution in [2.45, 2.75) is 51.9 Å². The molecule has 1 fully saturated rings. The Morgan fingerprint density at radius 3 is 2.45 bits per heavy atom. The fraction of sp³-hybridized carbons (Fsp3) is 0.667. The van der Waals surface area contributed by atoms with E-state index >= 15 is 0 Å². The van der Waals surface area contributed by atoms with Gasteiger partial charge in [-0.25, -0.2) is 0 Å². The maximum atomic E-state index is 5.91. The summed E-state index contributed by atoms with van der Waals surface area (Å²) in [7, 11) is 1.80. The van der Waals surface area contributed by atoms with Crippen LogP contribution in [0.5, 0.6) is 5.75 Å². The summed E-state index contributed by atoms with van der Waals surface area (Å²) < 4.78 is 11.6. The van der Waals surface area contributed by atoms with Crippen LogP contribution in [0.25, 0.3) is 0 Å². The fourth-order valence-corrected chi connectivity index (χ4v) is 3.26. The van der Waals surface area contributed by atoms with E-state index in [0.29, 0.717) is 23.7 Å². The summed E-state index contributed by atoms with van der Waals surface area (Å²) in [4.78, 5) is 6.82. The maximum Gasteiger partial charge on any atom is 0.191 e. The first-order valence-corrected chi connectivity index (χ1v) is 10.6. The average Bonchev–Trinajstić information content (AvgIpc) is 2.68. The first-order valence-electron chi connectivity index (χ1n) is 10.2. The molecule has 0 bridgehead atoms. The van der Waals surface area contributed by atoms with Crippen molar-refractivity contribution in [1.82, 2.24) is 15.5 Å². The minimum Gasteiger partial charge on any atom is -0.489 e. The van der Waals surface area contributed by atoms with Gasteiger partial charge in [0, 0.05) is 37.7 Å². The zero-order valence-corrected chi connectivity index (χ0v) is 21.1. The lowest BCUT2D eigenvalue weighted by molar-refractivity contribution is 0.0532. The van der Waals surface area contributed by atoms with Crippen LogP contribution in [-0.2, 0) is 4.74 Å². The highest BCUT2D eigenvalue weighted by Gasteiger charge is 2.20. The number of nitrogens with one attached hydrogen (secondary N) is 2. The number of likely N-dealkylation sites (tertiary alicyclic amines) is 1. The van der Waals surface area contributed by atoms with Crippen LogP contribution in [0.3, 0.4) is 0 Å². The molecule has 1 aromatic carbocycles. The molecule has 0 aliphatic carbocycles. The molecule has 0 amide bonds. The molecular formula is C21H36ClIN4O2. The maximum absolute atomic E-state index is 5.91. The summed E-state index contributed by atoms with van der Waals surface area (Å²) in [5, 5.41) is 7.60. The number of aliphatic imine (C=N–C) groups is 1. The van der Waals surface area contributed by atoms with Crippen LogP contribution in [-0.4, -0.2) is 68.9 Å². The van der Waals surface area contributed by atoms with E-state index in [9.17, 15) is 0 Å². The van der Waals surface area contributed by atoms with E-state index in [1.165, 1.54) is 0 Å². The number of ether oxygens (including phenoxy) is 2. The Kier molecular flexibility index (Phi) is 12.9. The van der Waals surface area contributed by atoms with Crippen molar-refractivity contribution in [2.24, 2.45) is 4.99 Å². The Hall–Kier alpha value is -0.770. The number of piperidine rings is 1. The van der Waals surface area contributed by atoms with Crippen molar-refractivity contribution in [3.05, 3.63) is 29.3 Å². The minimum absolute atomic E-state index is 0. The van der Waals surface area contributed by atoms with Crippen LogP contribution < -0.4 is 15.4 Å². The molecule has 166 valence electrons. The molecule has 1 aliphatic heterocycles. The van der Waals surface area contributed by atoms with Gasteiger partial charge in [0.05, 0.1) is 19.3 Å². The molecule has 6 nitrogen and oxygen atoms in total. The molecule has 2 rings (SSSR count). The topological polar surface area (TPSA) is 58.1 Å². The third-order valence-electron chi connectivity index (χ3n) is 4.72. The number of halogens is 2. The van der Waals surface area contributed by atoms with Gasteiger partial charge in [-0.15, -0.1) is 24.0 Å². The van der Waals surface area contributed by atoms with Gasteiger partial charge in [-0.3, -0.25) is 4.99 Å². The minimum atomic E-state index is 0. The Balaban J connectivity index is 0.00000420. The first kappa shape index (κ1) is 26.3. The monoisotopic (exact) mass is 538 g/mol. The summed E-state index contributed by atoms with van der Waals surface area (Å²) in [6, 6.07) is 7.87. The van der Waals surface area contributed by atoms with Crippen molar-refractivity contribution >= 4 is 41.5 Å². The number of benzene rings is 1. The van der Waals surface area contributed by atoms with Crippen molar-refractivity contribution in [1.29, 1.82) is 0 Å². The van der Waals surface area contributed by atoms with Crippen molar-refractivity contribution in [3.8, 4) is 5.75 Å². The zero-order valence-electron chi connectivity index (χ0n) is 18.0. The Morgan fingerprint density at radius 1 is 1.21 bits per heavy atom. The van der Waals surface area contributed by atoms with Crippen LogP contribution in [0.4, 0.5) is 0 Å². The quantitative estimate of drug-likeness (QED) is 0.285. The third kappa shape index (κ3) is 10.7. The van der Waals surface area contributed by atoms with E-state index in [0.717, 1.165) is 50.8 Å². The molecule has 1 unspecified atom stereocenters. The van der Waals surface area contributed by atoms with Gasteiger partial charge in [-0.1, -0.05) is 11.6 Å². The standard InChI is InChI=1S/C21H35ClN4O2.HI/c1-16(2)27-14-13-26-11-9-19(10-12-26)25-21(23-4)24-15-17(3)28-20-7-5-18(22)6-8-20;/h5-8,16-17,19H,9-15H2,1-4H3,(H2,23,24,25);1H. The van der Waals surface area contributed by atoms with Crippen molar-refractivity contribution in [3.63, 3.8) is 0 Å². The SMILES string of the molecule is CN=C(NCC(C)Oc1ccc(Cl)cc1)NC1CCN(CCOC(C)C)CC1.I. The normalized spacial score (nSPS) is 17.0. The van der Waals surface area contributed by atoms with Crippen LogP contribution in [0.15, 0.2) is 29.3 Å². The molecule has 1 saturated heterocycles. The Bertz CT molecular complexity index is 593. The van der Waals surface area contributed by atoms with Gasteiger partial charge >= 0.3 is 0 Å². The predicted octanol–water partition coefficient (Wildman–Crippen LogP) is 3.78. The molecule has 29 heavy (non-hydrogen) atoms. The summed E-state index contributed by atoms with van der Waals surface area (Å²) in [5.41, 5.74) is 0. The molecule has 2 N–H and O–H groups in total. The predicted molar refractivity (Wildman–Crippen MR) is 132 cm³/mol. The highest BCUT2D eigenvalue weighted by molar-refractivity contribution is 14.0. The van der Waals surface area contributed by atoms with Crippen LogP contribution in [0, 0.1) is 0 Å². The average molecular weight is 539 g/mol. The third-order valence-corrected chi connectivity index (χ3v) is 4.97. The Labute approximate surface area is 197 Å². The number of guanidine groups is 1. The zero-order chi connectivity index (χ0) is 20.4. The van der Waals surface area contributed by atoms with Gasteiger partial charge in [0.1, 0.15) is 11.9 Å². The number of rotatable bonds is 9. The van der Waals surface area contributed by atoms with Crippen LogP contribution >= 0.6 is 35.6 Å². The summed E-state index contributed by atoms with van der Waals surface area (Å²) in [6.45, 7) is 10.9. The van der Waals surface area contributed by atoms with Gasteiger partial charge < -0.3 is 25.0 Å². The molecule has 1 aromatic rings. The van der Waals surface area contributed by atoms with Crippen LogP contribution in [0.1, 0.15) is 33.6 Å². The smallest absolute Gasteiger partial charge is 0.191 e. The van der Waals surface area contributed by atoms with Gasteiger partial charge in [0.15, 0.2) is 5.96 Å². The Morgan fingerprint density at radius 2 is 1.86 bits per heavy atom. The van der Waals surface area contributed by atoms with E-state index in [4.69, 9.17) is 21.1 Å². The number of nitrogens with zero attached hydrogens (tertiary/aromatic N) is 2. The molecule has 0 aromatic heterocycles. The first-order chi connectivity index (χ1) is 13.5. The van der Waals surface area contributed by atoms with Gasteiger partial charge in [0.25, 0.3) is 0 Å². The molecule has 0 radical (unpaired) electrons. The molecule has 1 aliphatic rings. The second kappa shape index (κ2) is 14.3. The summed E-state index contributed by atoms with van der Waals surface area (Å²) >= 11 is 5.91. The largest absolute Gasteiger partial charge is 0.489 e. The van der Waals surface area contributed by atoms with E-state index in [1.807, 2.05) is 31.2 Å². The molecular weight excluding hydrogens is 503 g/mol. The number of hydrogen-bond donors (Lipinski definition) is 2. The van der Waals surface area contributed by atoms with E-state index in [2.05, 4.69) is 34.4 Å². The lowest BCUT2D eigenvalue weighted by Gasteiger charge is -2.33.